The molecule has 2 aliphatic rings. The minimum Gasteiger partial charge on any atom is -0.288 e. The molecule has 2 saturated carbocycles. The molecule has 0 spiro atoms. The first-order chi connectivity index (χ1) is 11.7. The van der Waals surface area contributed by atoms with E-state index >= 15 is 0 Å². The number of rotatable bonds is 6. The average Bonchev–Trinajstić information content (AvgIpc) is 3.14. The fraction of sp³-hybridized carbons (Fsp3) is 0.682. The van der Waals surface area contributed by atoms with Crippen LogP contribution in [0.25, 0.3) is 0 Å². The summed E-state index contributed by atoms with van der Waals surface area (Å²) >= 11 is 0. The van der Waals surface area contributed by atoms with Gasteiger partial charge in [0.25, 0.3) is 0 Å². The number of benzene rings is 1. The van der Waals surface area contributed by atoms with Crippen LogP contribution in [0.3, 0.4) is 0 Å². The predicted octanol–water partition coefficient (Wildman–Crippen LogP) is 5.79. The molecule has 2 aliphatic carbocycles. The third kappa shape index (κ3) is 4.07. The molecule has 0 radical (unpaired) electrons. The SMILES string of the molecule is CC(C)[S+](C1CCCCC1)C(C(=O)c1ccccc1)C1CCCC1. The number of ketones is 1. The van der Waals surface area contributed by atoms with Crippen molar-refractivity contribution in [3.8, 4) is 0 Å². The van der Waals surface area contributed by atoms with Crippen LogP contribution in [0.5, 0.6) is 0 Å². The zero-order valence-corrected chi connectivity index (χ0v) is 16.2. The van der Waals surface area contributed by atoms with Gasteiger partial charge < -0.3 is 0 Å². The molecule has 1 aromatic carbocycles. The quantitative estimate of drug-likeness (QED) is 0.471. The molecule has 2 fully saturated rings. The first-order valence-corrected chi connectivity index (χ1v) is 11.4. The molecule has 0 saturated heterocycles. The minimum absolute atomic E-state index is 0.230. The van der Waals surface area contributed by atoms with Gasteiger partial charge in [-0.05, 0) is 52.4 Å². The van der Waals surface area contributed by atoms with Crippen molar-refractivity contribution in [3.05, 3.63) is 35.9 Å². The third-order valence-electron chi connectivity index (χ3n) is 5.92. The van der Waals surface area contributed by atoms with Crippen LogP contribution >= 0.6 is 0 Å². The number of hydrogen-bond acceptors (Lipinski definition) is 1. The van der Waals surface area contributed by atoms with E-state index in [0.29, 0.717) is 17.0 Å². The topological polar surface area (TPSA) is 17.1 Å². The molecule has 0 aliphatic heterocycles. The van der Waals surface area contributed by atoms with E-state index in [1.165, 1.54) is 57.8 Å². The van der Waals surface area contributed by atoms with E-state index in [0.717, 1.165) is 10.8 Å². The first kappa shape index (κ1) is 18.0. The second-order valence-electron chi connectivity index (χ2n) is 7.91. The Labute approximate surface area is 151 Å². The van der Waals surface area contributed by atoms with E-state index in [-0.39, 0.29) is 16.1 Å². The molecule has 1 nitrogen and oxygen atoms in total. The maximum absolute atomic E-state index is 13.5. The van der Waals surface area contributed by atoms with Crippen molar-refractivity contribution < 1.29 is 4.79 Å². The molecular formula is C22H33OS+. The van der Waals surface area contributed by atoms with Gasteiger partial charge in [-0.3, -0.25) is 4.79 Å². The summed E-state index contributed by atoms with van der Waals surface area (Å²) in [6.07, 6.45) is 12.0. The van der Waals surface area contributed by atoms with E-state index in [4.69, 9.17) is 0 Å². The van der Waals surface area contributed by atoms with Crippen molar-refractivity contribution in [2.45, 2.75) is 87.4 Å². The Morgan fingerprint density at radius 2 is 1.50 bits per heavy atom. The Hall–Kier alpha value is -0.760. The van der Waals surface area contributed by atoms with Crippen molar-refractivity contribution >= 4 is 16.7 Å². The van der Waals surface area contributed by atoms with Crippen molar-refractivity contribution in [1.29, 1.82) is 0 Å². The Morgan fingerprint density at radius 1 is 0.917 bits per heavy atom. The molecule has 0 heterocycles. The largest absolute Gasteiger partial charge is 0.288 e. The second kappa shape index (κ2) is 8.56. The monoisotopic (exact) mass is 345 g/mol. The normalized spacial score (nSPS) is 22.6. The van der Waals surface area contributed by atoms with Gasteiger partial charge in [-0.2, -0.15) is 0 Å². The maximum atomic E-state index is 13.5. The van der Waals surface area contributed by atoms with Crippen LogP contribution < -0.4 is 0 Å². The van der Waals surface area contributed by atoms with Crippen LogP contribution in [0.2, 0.25) is 0 Å². The van der Waals surface area contributed by atoms with E-state index < -0.39 is 0 Å². The summed E-state index contributed by atoms with van der Waals surface area (Å²) in [5, 5.41) is 1.70. The maximum Gasteiger partial charge on any atom is 0.215 e. The van der Waals surface area contributed by atoms with Crippen molar-refractivity contribution in [2.75, 3.05) is 0 Å². The second-order valence-corrected chi connectivity index (χ2v) is 10.8. The predicted molar refractivity (Wildman–Crippen MR) is 106 cm³/mol. The van der Waals surface area contributed by atoms with Crippen LogP contribution in [0.15, 0.2) is 30.3 Å². The van der Waals surface area contributed by atoms with E-state index in [1.807, 2.05) is 30.3 Å². The van der Waals surface area contributed by atoms with Crippen molar-refractivity contribution in [2.24, 2.45) is 5.92 Å². The minimum atomic E-state index is 0.230. The van der Waals surface area contributed by atoms with Crippen LogP contribution in [0.1, 0.15) is 82.0 Å². The highest BCUT2D eigenvalue weighted by molar-refractivity contribution is 7.99. The Balaban J connectivity index is 1.90. The van der Waals surface area contributed by atoms with E-state index in [1.54, 1.807) is 0 Å². The van der Waals surface area contributed by atoms with Gasteiger partial charge in [0.1, 0.15) is 10.5 Å². The molecule has 2 atom stereocenters. The zero-order valence-electron chi connectivity index (χ0n) is 15.4. The van der Waals surface area contributed by atoms with Gasteiger partial charge in [-0.25, -0.2) is 0 Å². The van der Waals surface area contributed by atoms with Crippen LogP contribution in [0, 0.1) is 5.92 Å². The molecule has 24 heavy (non-hydrogen) atoms. The van der Waals surface area contributed by atoms with Gasteiger partial charge in [-0.15, -0.1) is 0 Å². The highest BCUT2D eigenvalue weighted by Crippen LogP contribution is 2.40. The summed E-state index contributed by atoms with van der Waals surface area (Å²) in [5.41, 5.74) is 0.948. The molecule has 0 amide bonds. The molecule has 0 N–H and O–H groups in total. The van der Waals surface area contributed by atoms with Crippen LogP contribution in [-0.4, -0.2) is 21.5 Å². The summed E-state index contributed by atoms with van der Waals surface area (Å²) in [4.78, 5) is 13.5. The number of carbonyl (C=O) groups excluding carboxylic acids is 1. The number of carbonyl (C=O) groups is 1. The lowest BCUT2D eigenvalue weighted by Gasteiger charge is -2.32. The Morgan fingerprint density at radius 3 is 2.08 bits per heavy atom. The summed E-state index contributed by atoms with van der Waals surface area (Å²) in [5.74, 6) is 1.08. The van der Waals surface area contributed by atoms with Crippen LogP contribution in [0.4, 0.5) is 0 Å². The van der Waals surface area contributed by atoms with Gasteiger partial charge in [0.2, 0.25) is 5.78 Å². The molecule has 1 aromatic rings. The molecule has 3 rings (SSSR count). The summed E-state index contributed by atoms with van der Waals surface area (Å²) < 4.78 is 0. The third-order valence-corrected chi connectivity index (χ3v) is 9.43. The first-order valence-electron chi connectivity index (χ1n) is 9.98. The fourth-order valence-corrected chi connectivity index (χ4v) is 8.56. The van der Waals surface area contributed by atoms with E-state index in [2.05, 4.69) is 13.8 Å². The molecule has 2 unspecified atom stereocenters. The fourth-order valence-electron chi connectivity index (χ4n) is 4.81. The summed E-state index contributed by atoms with van der Waals surface area (Å²) in [7, 11) is 0.230. The van der Waals surface area contributed by atoms with E-state index in [9.17, 15) is 4.79 Å². The van der Waals surface area contributed by atoms with Crippen LogP contribution in [-0.2, 0) is 10.9 Å². The standard InChI is InChI=1S/C22H33OS/c1-17(2)24(20-15-7-4-8-16-20)22(19-13-9-10-14-19)21(23)18-11-5-3-6-12-18/h3,5-6,11-12,17,19-20,22H,4,7-10,13-16H2,1-2H3/q+1. The molecular weight excluding hydrogens is 312 g/mol. The highest BCUT2D eigenvalue weighted by atomic mass is 32.2. The molecule has 0 aromatic heterocycles. The van der Waals surface area contributed by atoms with Gasteiger partial charge in [0.05, 0.1) is 0 Å². The smallest absolute Gasteiger partial charge is 0.215 e. The molecule has 132 valence electrons. The van der Waals surface area contributed by atoms with Crippen molar-refractivity contribution in [1.82, 2.24) is 0 Å². The number of hydrogen-bond donors (Lipinski definition) is 0. The summed E-state index contributed by atoms with van der Waals surface area (Å²) in [6, 6.07) is 10.1. The zero-order chi connectivity index (χ0) is 16.9. The average molecular weight is 346 g/mol. The summed E-state index contributed by atoms with van der Waals surface area (Å²) in [6.45, 7) is 4.75. The van der Waals surface area contributed by atoms with Gasteiger partial charge in [0, 0.05) is 22.4 Å². The highest BCUT2D eigenvalue weighted by Gasteiger charge is 2.49. The van der Waals surface area contributed by atoms with Gasteiger partial charge in [-0.1, -0.05) is 49.6 Å². The van der Waals surface area contributed by atoms with Crippen molar-refractivity contribution in [3.63, 3.8) is 0 Å². The lowest BCUT2D eigenvalue weighted by Crippen LogP contribution is -2.47. The lowest BCUT2D eigenvalue weighted by atomic mass is 9.96. The van der Waals surface area contributed by atoms with Gasteiger partial charge >= 0.3 is 0 Å². The Bertz CT molecular complexity index is 512. The van der Waals surface area contributed by atoms with Gasteiger partial charge in [0.15, 0.2) is 5.25 Å². The molecule has 0 bridgehead atoms. The number of Topliss-reactive ketones (excluding diaryl/α,β-unsaturated/α-hetero) is 1. The Kier molecular flexibility index (Phi) is 6.43. The lowest BCUT2D eigenvalue weighted by molar-refractivity contribution is 0.0968. The molecule has 2 heteroatoms.